The van der Waals surface area contributed by atoms with E-state index in [1.807, 2.05) is 14.0 Å². The van der Waals surface area contributed by atoms with Crippen molar-refractivity contribution in [1.82, 2.24) is 20.0 Å². The van der Waals surface area contributed by atoms with Crippen LogP contribution in [-0.4, -0.2) is 67.4 Å². The van der Waals surface area contributed by atoms with Crippen molar-refractivity contribution in [3.8, 4) is 0 Å². The van der Waals surface area contributed by atoms with E-state index in [4.69, 9.17) is 5.11 Å². The molecule has 3 rings (SSSR count). The molecule has 1 aliphatic rings. The summed E-state index contributed by atoms with van der Waals surface area (Å²) in [4.78, 5) is 39.0. The molecule has 1 fully saturated rings. The molecule has 1 aliphatic heterocycles. The van der Waals surface area contributed by atoms with Gasteiger partial charge < -0.3 is 20.4 Å². The van der Waals surface area contributed by atoms with Crippen LogP contribution in [0.15, 0.2) is 6.07 Å². The first-order valence-electron chi connectivity index (χ1n) is 8.61. The van der Waals surface area contributed by atoms with Crippen LogP contribution in [0.2, 0.25) is 0 Å². The number of hydrogen-bond donors (Lipinski definition) is 3. The maximum absolute atomic E-state index is 12.5. The van der Waals surface area contributed by atoms with E-state index in [0.717, 1.165) is 15.9 Å². The summed E-state index contributed by atoms with van der Waals surface area (Å²) >= 11 is 1.31. The topological polar surface area (TPSA) is 125 Å². The Kier molecular flexibility index (Phi) is 4.96. The number of carbonyl (C=O) groups is 3. The molecule has 2 aromatic rings. The van der Waals surface area contributed by atoms with E-state index in [2.05, 4.69) is 10.4 Å². The van der Waals surface area contributed by atoms with E-state index < -0.39 is 17.6 Å². The van der Waals surface area contributed by atoms with Gasteiger partial charge in [0.15, 0.2) is 5.60 Å². The Morgan fingerprint density at radius 3 is 2.52 bits per heavy atom. The maximum Gasteiger partial charge on any atom is 0.335 e. The fourth-order valence-electron chi connectivity index (χ4n) is 3.23. The summed E-state index contributed by atoms with van der Waals surface area (Å²) in [5.74, 6) is -1.91. The van der Waals surface area contributed by atoms with Gasteiger partial charge in [-0.1, -0.05) is 0 Å². The molecule has 0 radical (unpaired) electrons. The number of hydrogen-bond acceptors (Lipinski definition) is 6. The number of aryl methyl sites for hydroxylation is 2. The largest absolute Gasteiger partial charge is 0.479 e. The molecule has 1 atom stereocenters. The van der Waals surface area contributed by atoms with E-state index in [1.165, 1.54) is 16.2 Å². The van der Waals surface area contributed by atoms with Gasteiger partial charge in [0.05, 0.1) is 10.6 Å². The second-order valence-electron chi connectivity index (χ2n) is 6.90. The second-order valence-corrected chi connectivity index (χ2v) is 7.93. The van der Waals surface area contributed by atoms with E-state index in [1.54, 1.807) is 17.7 Å². The molecule has 3 N–H and O–H groups in total. The van der Waals surface area contributed by atoms with Gasteiger partial charge in [-0.15, -0.1) is 11.3 Å². The van der Waals surface area contributed by atoms with Crippen LogP contribution in [0, 0.1) is 6.92 Å². The Bertz CT molecular complexity index is 875. The number of amides is 2. The lowest BCUT2D eigenvalue weighted by Crippen LogP contribution is -2.54. The number of aliphatic hydroxyl groups is 1. The Hall–Kier alpha value is -2.46. The number of aromatic nitrogens is 2. The minimum atomic E-state index is -1.79. The zero-order valence-corrected chi connectivity index (χ0v) is 16.2. The van der Waals surface area contributed by atoms with Gasteiger partial charge >= 0.3 is 5.97 Å². The Balaban J connectivity index is 1.63. The molecule has 1 unspecified atom stereocenters. The van der Waals surface area contributed by atoms with Gasteiger partial charge in [0, 0.05) is 38.4 Å². The molecule has 2 amide bonds. The van der Waals surface area contributed by atoms with Crippen LogP contribution in [0.25, 0.3) is 10.2 Å². The smallest absolute Gasteiger partial charge is 0.335 e. The molecule has 27 heavy (non-hydrogen) atoms. The lowest BCUT2D eigenvalue weighted by atomic mass is 9.91. The average Bonchev–Trinajstić information content (AvgIpc) is 3.17. The molecule has 0 aromatic carbocycles. The van der Waals surface area contributed by atoms with Crippen LogP contribution in [0.1, 0.15) is 35.1 Å². The van der Waals surface area contributed by atoms with Crippen LogP contribution < -0.4 is 5.32 Å². The molecule has 3 heterocycles. The summed E-state index contributed by atoms with van der Waals surface area (Å²) in [6.45, 7) is 3.74. The van der Waals surface area contributed by atoms with Gasteiger partial charge in [-0.05, 0) is 19.9 Å². The van der Waals surface area contributed by atoms with Crippen molar-refractivity contribution in [2.24, 2.45) is 7.05 Å². The van der Waals surface area contributed by atoms with Crippen molar-refractivity contribution in [2.75, 3.05) is 13.1 Å². The number of carboxylic acid groups (broad SMARTS) is 1. The Morgan fingerprint density at radius 1 is 1.33 bits per heavy atom. The molecule has 146 valence electrons. The highest BCUT2D eigenvalue weighted by molar-refractivity contribution is 7.20. The highest BCUT2D eigenvalue weighted by Gasteiger charge is 2.41. The monoisotopic (exact) mass is 394 g/mol. The number of piperidine rings is 1. The average molecular weight is 394 g/mol. The van der Waals surface area contributed by atoms with Crippen molar-refractivity contribution in [1.29, 1.82) is 0 Å². The molecule has 2 aromatic heterocycles. The van der Waals surface area contributed by atoms with Crippen molar-refractivity contribution in [3.05, 3.63) is 16.6 Å². The zero-order chi connectivity index (χ0) is 19.9. The summed E-state index contributed by atoms with van der Waals surface area (Å²) < 4.78 is 1.72. The first-order valence-corrected chi connectivity index (χ1v) is 9.42. The summed E-state index contributed by atoms with van der Waals surface area (Å²) in [6, 6.07) is 1.01. The molecule has 0 saturated carbocycles. The minimum Gasteiger partial charge on any atom is -0.479 e. The lowest BCUT2D eigenvalue weighted by Gasteiger charge is -2.36. The van der Waals surface area contributed by atoms with Crippen molar-refractivity contribution in [3.63, 3.8) is 0 Å². The van der Waals surface area contributed by atoms with Gasteiger partial charge in [-0.2, -0.15) is 5.10 Å². The van der Waals surface area contributed by atoms with E-state index in [0.29, 0.717) is 4.88 Å². The predicted molar refractivity (Wildman–Crippen MR) is 98.7 cm³/mol. The summed E-state index contributed by atoms with van der Waals surface area (Å²) in [6.07, 6.45) is -0.0609. The first kappa shape index (κ1) is 19.3. The summed E-state index contributed by atoms with van der Waals surface area (Å²) in [5, 5.41) is 26.9. The molecular formula is C17H22N4O5S. The molecule has 0 aliphatic carbocycles. The number of fused-ring (bicyclic) bond motifs is 1. The third-order valence-corrected chi connectivity index (χ3v) is 6.14. The van der Waals surface area contributed by atoms with Crippen LogP contribution >= 0.6 is 11.3 Å². The van der Waals surface area contributed by atoms with Crippen molar-refractivity contribution >= 4 is 39.3 Å². The van der Waals surface area contributed by atoms with Crippen molar-refractivity contribution in [2.45, 2.75) is 38.3 Å². The number of carboxylic acids is 1. The molecule has 0 bridgehead atoms. The highest BCUT2D eigenvalue weighted by Crippen LogP contribution is 2.28. The lowest BCUT2D eigenvalue weighted by molar-refractivity contribution is -0.165. The zero-order valence-electron chi connectivity index (χ0n) is 15.4. The van der Waals surface area contributed by atoms with E-state index in [-0.39, 0.29) is 37.7 Å². The van der Waals surface area contributed by atoms with E-state index in [9.17, 15) is 19.5 Å². The Labute approximate surface area is 159 Å². The van der Waals surface area contributed by atoms with Gasteiger partial charge in [-0.3, -0.25) is 14.3 Å². The van der Waals surface area contributed by atoms with Crippen LogP contribution in [-0.2, 0) is 16.6 Å². The van der Waals surface area contributed by atoms with Crippen LogP contribution in [0.5, 0.6) is 0 Å². The third-order valence-electron chi connectivity index (χ3n) is 4.94. The fourth-order valence-corrected chi connectivity index (χ4v) is 4.26. The maximum atomic E-state index is 12.5. The number of nitrogens with one attached hydrogen (secondary N) is 1. The summed E-state index contributed by atoms with van der Waals surface area (Å²) in [5.41, 5.74) is -0.946. The Morgan fingerprint density at radius 2 is 1.96 bits per heavy atom. The number of thiophene rings is 1. The number of rotatable bonds is 4. The summed E-state index contributed by atoms with van der Waals surface area (Å²) in [7, 11) is 1.81. The standard InChI is InChI=1S/C17H22N4O5S/c1-9-11-8-12(27-15(11)20(3)19-9)13(22)18-10(2)14(23)21-6-4-17(26,5-7-21)16(24)25/h8,10,26H,4-7H2,1-3H3,(H,18,22)(H,24,25). The molecule has 9 nitrogen and oxygen atoms in total. The first-order chi connectivity index (χ1) is 12.6. The van der Waals surface area contributed by atoms with Crippen LogP contribution in [0.4, 0.5) is 0 Å². The second kappa shape index (κ2) is 6.93. The van der Waals surface area contributed by atoms with Crippen molar-refractivity contribution < 1.29 is 24.6 Å². The highest BCUT2D eigenvalue weighted by atomic mass is 32.1. The predicted octanol–water partition coefficient (Wildman–Crippen LogP) is 0.500. The van der Waals surface area contributed by atoms with E-state index >= 15 is 0 Å². The van der Waals surface area contributed by atoms with Crippen LogP contribution in [0.3, 0.4) is 0 Å². The molecule has 10 heteroatoms. The molecule has 0 spiro atoms. The quantitative estimate of drug-likeness (QED) is 0.694. The number of carbonyl (C=O) groups excluding carboxylic acids is 2. The number of nitrogens with zero attached hydrogens (tertiary/aromatic N) is 3. The fraction of sp³-hybridized carbons (Fsp3) is 0.529. The van der Waals surface area contributed by atoms with Gasteiger partial charge in [0.2, 0.25) is 5.91 Å². The number of aliphatic carboxylic acids is 1. The minimum absolute atomic E-state index is 0.0304. The molecule has 1 saturated heterocycles. The van der Waals surface area contributed by atoms with Gasteiger partial charge in [-0.25, -0.2) is 4.79 Å². The molecular weight excluding hydrogens is 372 g/mol. The van der Waals surface area contributed by atoms with Gasteiger partial charge in [0.1, 0.15) is 10.9 Å². The van der Waals surface area contributed by atoms with Gasteiger partial charge in [0.25, 0.3) is 5.91 Å². The SMILES string of the molecule is Cc1nn(C)c2sc(C(=O)NC(C)C(=O)N3CCC(O)(C(=O)O)CC3)cc12. The normalized spacial score (nSPS) is 17.7. The third kappa shape index (κ3) is 3.54. The number of likely N-dealkylation sites (tertiary alicyclic amines) is 1.